The van der Waals surface area contributed by atoms with Gasteiger partial charge in [0.2, 0.25) is 11.8 Å². The van der Waals surface area contributed by atoms with Crippen LogP contribution >= 0.6 is 0 Å². The summed E-state index contributed by atoms with van der Waals surface area (Å²) in [4.78, 5) is 50.7. The van der Waals surface area contributed by atoms with Crippen molar-refractivity contribution in [3.63, 3.8) is 0 Å². The van der Waals surface area contributed by atoms with Gasteiger partial charge >= 0.3 is 0 Å². The van der Waals surface area contributed by atoms with Crippen molar-refractivity contribution in [3.8, 4) is 0 Å². The zero-order chi connectivity index (χ0) is 28.9. The molecule has 0 aliphatic rings. The third kappa shape index (κ3) is 8.90. The van der Waals surface area contributed by atoms with Crippen molar-refractivity contribution in [1.29, 1.82) is 0 Å². The van der Waals surface area contributed by atoms with Gasteiger partial charge < -0.3 is 21.3 Å². The summed E-state index contributed by atoms with van der Waals surface area (Å²) >= 11 is 0. The van der Waals surface area contributed by atoms with Crippen LogP contribution in [0.25, 0.3) is 0 Å². The van der Waals surface area contributed by atoms with E-state index in [4.69, 9.17) is 0 Å². The molecule has 0 saturated carbocycles. The third-order valence-electron chi connectivity index (χ3n) is 6.29. The van der Waals surface area contributed by atoms with Gasteiger partial charge in [0.1, 0.15) is 0 Å². The molecule has 4 amide bonds. The first-order chi connectivity index (χ1) is 20.0. The van der Waals surface area contributed by atoms with Gasteiger partial charge in [0.25, 0.3) is 11.8 Å². The van der Waals surface area contributed by atoms with Crippen LogP contribution < -0.4 is 21.3 Å². The first-order valence-electron chi connectivity index (χ1n) is 13.4. The Labute approximate surface area is 239 Å². The lowest BCUT2D eigenvalue weighted by molar-refractivity contribution is -0.117. The molecule has 8 heteroatoms. The highest BCUT2D eigenvalue weighted by molar-refractivity contribution is 6.05. The van der Waals surface area contributed by atoms with Crippen LogP contribution in [0.2, 0.25) is 0 Å². The molecule has 4 rings (SSSR count). The average Bonchev–Trinajstić information content (AvgIpc) is 3.00. The Morgan fingerprint density at radius 1 is 0.463 bits per heavy atom. The molecule has 41 heavy (non-hydrogen) atoms. The highest BCUT2D eigenvalue weighted by atomic mass is 16.2. The highest BCUT2D eigenvalue weighted by Crippen LogP contribution is 2.18. The van der Waals surface area contributed by atoms with Gasteiger partial charge in [-0.1, -0.05) is 84.9 Å². The summed E-state index contributed by atoms with van der Waals surface area (Å²) in [6.07, 6.45) is 0.474. The van der Waals surface area contributed by atoms with Crippen molar-refractivity contribution in [1.82, 2.24) is 10.6 Å². The Balaban J connectivity index is 1.24. The number of carbonyl (C=O) groups excluding carboxylic acids is 4. The average molecular weight is 549 g/mol. The molecule has 0 aliphatic carbocycles. The number of amides is 4. The molecule has 0 unspecified atom stereocenters. The summed E-state index contributed by atoms with van der Waals surface area (Å²) in [7, 11) is 0. The Morgan fingerprint density at radius 3 is 1.24 bits per heavy atom. The van der Waals surface area contributed by atoms with Crippen LogP contribution in [0.4, 0.5) is 11.4 Å². The van der Waals surface area contributed by atoms with Crippen molar-refractivity contribution in [3.05, 3.63) is 131 Å². The van der Waals surface area contributed by atoms with Crippen LogP contribution in [0.1, 0.15) is 51.1 Å². The number of benzene rings is 4. The lowest BCUT2D eigenvalue weighted by atomic mass is 10.1. The van der Waals surface area contributed by atoms with Gasteiger partial charge in [-0.2, -0.15) is 0 Å². The molecule has 4 aromatic rings. The summed E-state index contributed by atoms with van der Waals surface area (Å²) in [6, 6.07) is 32.7. The van der Waals surface area contributed by atoms with Crippen LogP contribution in [-0.4, -0.2) is 23.6 Å². The second kappa shape index (κ2) is 14.8. The van der Waals surface area contributed by atoms with E-state index >= 15 is 0 Å². The number of anilines is 2. The lowest BCUT2D eigenvalue weighted by Gasteiger charge is -2.12. The summed E-state index contributed by atoms with van der Waals surface area (Å²) in [5, 5.41) is 11.3. The van der Waals surface area contributed by atoms with E-state index in [0.717, 1.165) is 11.1 Å². The first-order valence-corrected chi connectivity index (χ1v) is 13.4. The molecule has 8 nitrogen and oxygen atoms in total. The van der Waals surface area contributed by atoms with E-state index in [9.17, 15) is 19.2 Å². The minimum Gasteiger partial charge on any atom is -0.348 e. The van der Waals surface area contributed by atoms with E-state index in [1.165, 1.54) is 0 Å². The van der Waals surface area contributed by atoms with E-state index in [0.29, 0.717) is 42.0 Å². The molecule has 208 valence electrons. The molecule has 0 fully saturated rings. The normalized spacial score (nSPS) is 10.3. The Kier molecular flexibility index (Phi) is 10.4. The monoisotopic (exact) mass is 548 g/mol. The zero-order valence-corrected chi connectivity index (χ0v) is 22.6. The van der Waals surface area contributed by atoms with Crippen LogP contribution in [0.3, 0.4) is 0 Å². The van der Waals surface area contributed by atoms with Crippen molar-refractivity contribution < 1.29 is 19.2 Å². The lowest BCUT2D eigenvalue weighted by Crippen LogP contribution is -2.25. The molecule has 0 aliphatic heterocycles. The number of nitrogens with one attached hydrogen (secondary N) is 4. The highest BCUT2D eigenvalue weighted by Gasteiger charge is 2.15. The topological polar surface area (TPSA) is 116 Å². The molecule has 4 N–H and O–H groups in total. The maximum absolute atomic E-state index is 12.7. The predicted octanol–water partition coefficient (Wildman–Crippen LogP) is 5.29. The maximum atomic E-state index is 12.7. The third-order valence-corrected chi connectivity index (χ3v) is 6.29. The fourth-order valence-corrected chi connectivity index (χ4v) is 4.16. The van der Waals surface area contributed by atoms with Crippen LogP contribution in [-0.2, 0) is 22.7 Å². The maximum Gasteiger partial charge on any atom is 0.253 e. The quantitative estimate of drug-likeness (QED) is 0.192. The van der Waals surface area contributed by atoms with E-state index < -0.39 is 0 Å². The summed E-state index contributed by atoms with van der Waals surface area (Å²) in [6.45, 7) is 0.740. The standard InChI is InChI=1S/C33H32N4O4/c38-30(36-28-18-9-7-16-26(28)32(40)34-22-24-12-3-1-4-13-24)20-11-21-31(39)37-29-19-10-8-17-27(29)33(41)35-23-25-14-5-2-6-15-25/h1-10,12-19H,11,20-23H2,(H,34,40)(H,35,41)(H,36,38)(H,37,39). The van der Waals surface area contributed by atoms with Gasteiger partial charge in [-0.3, -0.25) is 19.2 Å². The number of carbonyl (C=O) groups is 4. The number of hydrogen-bond acceptors (Lipinski definition) is 4. The van der Waals surface area contributed by atoms with Gasteiger partial charge in [-0.25, -0.2) is 0 Å². The van der Waals surface area contributed by atoms with E-state index in [1.807, 2.05) is 60.7 Å². The zero-order valence-electron chi connectivity index (χ0n) is 22.6. The molecule has 0 saturated heterocycles. The van der Waals surface area contributed by atoms with Crippen molar-refractivity contribution in [2.45, 2.75) is 32.4 Å². The largest absolute Gasteiger partial charge is 0.348 e. The fraction of sp³-hybridized carbons (Fsp3) is 0.152. The molecule has 0 bridgehead atoms. The van der Waals surface area contributed by atoms with Crippen molar-refractivity contribution >= 4 is 35.0 Å². The molecular weight excluding hydrogens is 516 g/mol. The summed E-state index contributed by atoms with van der Waals surface area (Å²) in [5.74, 6) is -1.20. The van der Waals surface area contributed by atoms with Gasteiger partial charge in [0.05, 0.1) is 22.5 Å². The number of rotatable bonds is 12. The van der Waals surface area contributed by atoms with Crippen molar-refractivity contribution in [2.24, 2.45) is 0 Å². The summed E-state index contributed by atoms with van der Waals surface area (Å²) < 4.78 is 0. The minimum absolute atomic E-state index is 0.0899. The molecule has 0 heterocycles. The van der Waals surface area contributed by atoms with Gasteiger partial charge in [0.15, 0.2) is 0 Å². The van der Waals surface area contributed by atoms with E-state index in [-0.39, 0.29) is 36.5 Å². The molecule has 0 radical (unpaired) electrons. The number of hydrogen-bond donors (Lipinski definition) is 4. The molecule has 4 aromatic carbocycles. The minimum atomic E-state index is -0.304. The smallest absolute Gasteiger partial charge is 0.253 e. The van der Waals surface area contributed by atoms with Gasteiger partial charge in [-0.05, 0) is 41.8 Å². The van der Waals surface area contributed by atoms with E-state index in [2.05, 4.69) is 21.3 Å². The number of para-hydroxylation sites is 2. The Morgan fingerprint density at radius 2 is 0.829 bits per heavy atom. The molecule has 0 spiro atoms. The first kappa shape index (κ1) is 28.8. The van der Waals surface area contributed by atoms with Crippen molar-refractivity contribution in [2.75, 3.05) is 10.6 Å². The fourth-order valence-electron chi connectivity index (χ4n) is 4.16. The second-order valence-electron chi connectivity index (χ2n) is 9.38. The van der Waals surface area contributed by atoms with Crippen LogP contribution in [0.15, 0.2) is 109 Å². The summed E-state index contributed by atoms with van der Waals surface area (Å²) in [5.41, 5.74) is 3.46. The Hall–Kier alpha value is -5.24. The van der Waals surface area contributed by atoms with Crippen LogP contribution in [0, 0.1) is 0 Å². The SMILES string of the molecule is O=C(CCCC(=O)Nc1ccccc1C(=O)NCc1ccccc1)Nc1ccccc1C(=O)NCc1ccccc1. The molecular formula is C33H32N4O4. The predicted molar refractivity (Wildman–Crippen MR) is 159 cm³/mol. The van der Waals surface area contributed by atoms with Crippen LogP contribution in [0.5, 0.6) is 0 Å². The molecule has 0 atom stereocenters. The second-order valence-corrected chi connectivity index (χ2v) is 9.38. The van der Waals surface area contributed by atoms with Gasteiger partial charge in [0, 0.05) is 25.9 Å². The Bertz CT molecular complexity index is 1380. The van der Waals surface area contributed by atoms with E-state index in [1.54, 1.807) is 48.5 Å². The van der Waals surface area contributed by atoms with Gasteiger partial charge in [-0.15, -0.1) is 0 Å². The molecule has 0 aromatic heterocycles.